The Morgan fingerprint density at radius 1 is 1.60 bits per heavy atom. The standard InChI is InChI=1S/C10H12Br2N2O/c1-2-9(4-11)14-10(15)7-3-8(12)6-13-5-7/h3,5-6,9H,2,4H2,1H3,(H,14,15). The summed E-state index contributed by atoms with van der Waals surface area (Å²) in [5.74, 6) is -0.0879. The fourth-order valence-electron chi connectivity index (χ4n) is 1.05. The summed E-state index contributed by atoms with van der Waals surface area (Å²) in [7, 11) is 0. The van der Waals surface area contributed by atoms with Gasteiger partial charge in [-0.1, -0.05) is 22.9 Å². The van der Waals surface area contributed by atoms with Crippen LogP contribution in [0, 0.1) is 0 Å². The van der Waals surface area contributed by atoms with Gasteiger partial charge in [0.05, 0.1) is 5.56 Å². The highest BCUT2D eigenvalue weighted by Crippen LogP contribution is 2.10. The van der Waals surface area contributed by atoms with Crippen molar-refractivity contribution in [2.75, 3.05) is 5.33 Å². The van der Waals surface area contributed by atoms with Crippen LogP contribution in [0.5, 0.6) is 0 Å². The normalized spacial score (nSPS) is 12.2. The second-order valence-corrected chi connectivity index (χ2v) is 4.69. The van der Waals surface area contributed by atoms with Crippen LogP contribution in [0.1, 0.15) is 23.7 Å². The van der Waals surface area contributed by atoms with E-state index in [1.165, 1.54) is 0 Å². The van der Waals surface area contributed by atoms with Crippen LogP contribution in [-0.2, 0) is 0 Å². The van der Waals surface area contributed by atoms with Gasteiger partial charge in [-0.05, 0) is 28.4 Å². The number of amides is 1. The Morgan fingerprint density at radius 3 is 2.87 bits per heavy atom. The monoisotopic (exact) mass is 334 g/mol. The molecule has 1 aromatic heterocycles. The van der Waals surface area contributed by atoms with E-state index in [0.29, 0.717) is 5.56 Å². The summed E-state index contributed by atoms with van der Waals surface area (Å²) in [5, 5.41) is 3.67. The second kappa shape index (κ2) is 6.23. The molecular formula is C10H12Br2N2O. The molecule has 1 atom stereocenters. The third-order valence-corrected chi connectivity index (χ3v) is 3.20. The maximum Gasteiger partial charge on any atom is 0.253 e. The highest BCUT2D eigenvalue weighted by atomic mass is 79.9. The molecule has 1 unspecified atom stereocenters. The first-order chi connectivity index (χ1) is 7.17. The number of hydrogen-bond donors (Lipinski definition) is 1. The van der Waals surface area contributed by atoms with Gasteiger partial charge in [0.15, 0.2) is 0 Å². The first-order valence-corrected chi connectivity index (χ1v) is 6.56. The Balaban J connectivity index is 2.68. The van der Waals surface area contributed by atoms with Crippen LogP contribution in [0.3, 0.4) is 0 Å². The van der Waals surface area contributed by atoms with E-state index in [2.05, 4.69) is 42.2 Å². The van der Waals surface area contributed by atoms with Crippen molar-refractivity contribution >= 4 is 37.8 Å². The van der Waals surface area contributed by atoms with E-state index >= 15 is 0 Å². The van der Waals surface area contributed by atoms with Crippen molar-refractivity contribution in [3.8, 4) is 0 Å². The summed E-state index contributed by atoms with van der Waals surface area (Å²) in [6, 6.07) is 1.92. The smallest absolute Gasteiger partial charge is 0.253 e. The molecule has 0 aliphatic carbocycles. The molecule has 0 bridgehead atoms. The number of hydrogen-bond acceptors (Lipinski definition) is 2. The van der Waals surface area contributed by atoms with E-state index in [1.54, 1.807) is 18.5 Å². The van der Waals surface area contributed by atoms with Gasteiger partial charge in [0.1, 0.15) is 0 Å². The summed E-state index contributed by atoms with van der Waals surface area (Å²) in [6.45, 7) is 2.03. The summed E-state index contributed by atoms with van der Waals surface area (Å²) < 4.78 is 0.807. The number of nitrogens with one attached hydrogen (secondary N) is 1. The maximum atomic E-state index is 11.7. The second-order valence-electron chi connectivity index (χ2n) is 3.12. The van der Waals surface area contributed by atoms with E-state index in [4.69, 9.17) is 0 Å². The zero-order valence-corrected chi connectivity index (χ0v) is 11.5. The predicted octanol–water partition coefficient (Wildman–Crippen LogP) is 2.75. The molecule has 1 heterocycles. The van der Waals surface area contributed by atoms with Crippen LogP contribution in [0.2, 0.25) is 0 Å². The molecule has 1 amide bonds. The van der Waals surface area contributed by atoms with Crippen molar-refractivity contribution in [1.82, 2.24) is 10.3 Å². The van der Waals surface area contributed by atoms with Gasteiger partial charge in [-0.2, -0.15) is 0 Å². The zero-order chi connectivity index (χ0) is 11.3. The molecule has 82 valence electrons. The van der Waals surface area contributed by atoms with Gasteiger partial charge in [0.2, 0.25) is 0 Å². The molecular weight excluding hydrogens is 324 g/mol. The van der Waals surface area contributed by atoms with Gasteiger partial charge in [-0.15, -0.1) is 0 Å². The molecule has 0 aromatic carbocycles. The van der Waals surface area contributed by atoms with Crippen LogP contribution >= 0.6 is 31.9 Å². The van der Waals surface area contributed by atoms with Gasteiger partial charge in [-0.25, -0.2) is 0 Å². The summed E-state index contributed by atoms with van der Waals surface area (Å²) >= 11 is 6.63. The van der Waals surface area contributed by atoms with E-state index in [1.807, 2.05) is 6.92 Å². The molecule has 1 N–H and O–H groups in total. The number of aromatic nitrogens is 1. The highest BCUT2D eigenvalue weighted by Gasteiger charge is 2.11. The Hall–Kier alpha value is -0.420. The fraction of sp³-hybridized carbons (Fsp3) is 0.400. The van der Waals surface area contributed by atoms with Crippen LogP contribution in [0.25, 0.3) is 0 Å². The lowest BCUT2D eigenvalue weighted by Gasteiger charge is -2.13. The molecule has 0 spiro atoms. The molecule has 0 aliphatic rings. The Labute approximate surface area is 106 Å². The topological polar surface area (TPSA) is 42.0 Å². The van der Waals surface area contributed by atoms with Crippen molar-refractivity contribution in [3.63, 3.8) is 0 Å². The quantitative estimate of drug-likeness (QED) is 0.860. The summed E-state index contributed by atoms with van der Waals surface area (Å²) in [4.78, 5) is 15.7. The van der Waals surface area contributed by atoms with E-state index in [9.17, 15) is 4.79 Å². The summed E-state index contributed by atoms with van der Waals surface area (Å²) in [5.41, 5.74) is 0.573. The molecule has 0 fully saturated rings. The van der Waals surface area contributed by atoms with Crippen LogP contribution in [0.15, 0.2) is 22.9 Å². The third-order valence-electron chi connectivity index (χ3n) is 1.98. The number of carbonyl (C=O) groups excluding carboxylic acids is 1. The Kier molecular flexibility index (Phi) is 5.25. The molecule has 1 rings (SSSR count). The van der Waals surface area contributed by atoms with Crippen molar-refractivity contribution < 1.29 is 4.79 Å². The maximum absolute atomic E-state index is 11.7. The van der Waals surface area contributed by atoms with Gasteiger partial charge >= 0.3 is 0 Å². The number of alkyl halides is 1. The average Bonchev–Trinajstić information content (AvgIpc) is 2.25. The lowest BCUT2D eigenvalue weighted by atomic mass is 10.2. The molecule has 0 aliphatic heterocycles. The molecule has 1 aromatic rings. The molecule has 0 radical (unpaired) electrons. The number of nitrogens with zero attached hydrogens (tertiary/aromatic N) is 1. The SMILES string of the molecule is CCC(CBr)NC(=O)c1cncc(Br)c1. The van der Waals surface area contributed by atoms with Crippen LogP contribution < -0.4 is 5.32 Å². The fourth-order valence-corrected chi connectivity index (χ4v) is 2.04. The first-order valence-electron chi connectivity index (χ1n) is 4.64. The minimum Gasteiger partial charge on any atom is -0.348 e. The molecule has 3 nitrogen and oxygen atoms in total. The number of pyridine rings is 1. The Morgan fingerprint density at radius 2 is 2.33 bits per heavy atom. The third kappa shape index (κ3) is 3.91. The molecule has 0 saturated heterocycles. The molecule has 15 heavy (non-hydrogen) atoms. The number of rotatable bonds is 4. The predicted molar refractivity (Wildman–Crippen MR) is 67.3 cm³/mol. The van der Waals surface area contributed by atoms with Crippen LogP contribution in [0.4, 0.5) is 0 Å². The van der Waals surface area contributed by atoms with E-state index in [0.717, 1.165) is 16.2 Å². The molecule has 5 heteroatoms. The van der Waals surface area contributed by atoms with Crippen LogP contribution in [-0.4, -0.2) is 22.3 Å². The zero-order valence-electron chi connectivity index (χ0n) is 8.34. The van der Waals surface area contributed by atoms with E-state index in [-0.39, 0.29) is 11.9 Å². The average molecular weight is 336 g/mol. The van der Waals surface area contributed by atoms with Gasteiger partial charge in [-0.3, -0.25) is 9.78 Å². The van der Waals surface area contributed by atoms with Crippen molar-refractivity contribution in [2.45, 2.75) is 19.4 Å². The number of halogens is 2. The van der Waals surface area contributed by atoms with Crippen molar-refractivity contribution in [1.29, 1.82) is 0 Å². The lowest BCUT2D eigenvalue weighted by Crippen LogP contribution is -2.35. The molecule has 0 saturated carbocycles. The lowest BCUT2D eigenvalue weighted by molar-refractivity contribution is 0.0940. The largest absolute Gasteiger partial charge is 0.348 e. The van der Waals surface area contributed by atoms with Gasteiger partial charge < -0.3 is 5.32 Å². The highest BCUT2D eigenvalue weighted by molar-refractivity contribution is 9.10. The summed E-state index contributed by atoms with van der Waals surface area (Å²) in [6.07, 6.45) is 4.11. The minimum absolute atomic E-state index is 0.0879. The van der Waals surface area contributed by atoms with Crippen molar-refractivity contribution in [2.24, 2.45) is 0 Å². The first kappa shape index (κ1) is 12.6. The Bertz CT molecular complexity index is 340. The van der Waals surface area contributed by atoms with Gasteiger partial charge in [0.25, 0.3) is 5.91 Å². The minimum atomic E-state index is -0.0879. The van der Waals surface area contributed by atoms with Gasteiger partial charge in [0, 0.05) is 28.2 Å². The number of carbonyl (C=O) groups is 1. The van der Waals surface area contributed by atoms with E-state index < -0.39 is 0 Å². The van der Waals surface area contributed by atoms with Crippen molar-refractivity contribution in [3.05, 3.63) is 28.5 Å².